The van der Waals surface area contributed by atoms with Crippen LogP contribution in [0, 0.1) is 6.92 Å². The lowest BCUT2D eigenvalue weighted by molar-refractivity contribution is 0.215. The maximum absolute atomic E-state index is 6.07. The minimum atomic E-state index is 0. The van der Waals surface area contributed by atoms with Crippen molar-refractivity contribution in [2.24, 2.45) is 4.99 Å². The van der Waals surface area contributed by atoms with Crippen LogP contribution in [0.25, 0.3) is 0 Å². The number of nitrogens with zero attached hydrogens (tertiary/aromatic N) is 3. The zero-order chi connectivity index (χ0) is 18.8. The average Bonchev–Trinajstić information content (AvgIpc) is 3.15. The largest absolute Gasteiger partial charge is 0.490 e. The van der Waals surface area contributed by atoms with E-state index in [9.17, 15) is 0 Å². The minimum Gasteiger partial charge on any atom is -0.490 e. The number of aliphatic imine (C=N–C) groups is 1. The lowest BCUT2D eigenvalue weighted by Crippen LogP contribution is -2.37. The Morgan fingerprint density at radius 1 is 1.33 bits per heavy atom. The Balaban J connectivity index is 0.00000364. The van der Waals surface area contributed by atoms with Crippen molar-refractivity contribution in [2.75, 3.05) is 13.6 Å². The predicted octanol–water partition coefficient (Wildman–Crippen LogP) is 3.74. The highest BCUT2D eigenvalue weighted by molar-refractivity contribution is 14.0. The maximum Gasteiger partial charge on any atom is 0.191 e. The molecule has 0 aliphatic heterocycles. The van der Waals surface area contributed by atoms with Crippen molar-refractivity contribution in [3.63, 3.8) is 0 Å². The lowest BCUT2D eigenvalue weighted by atomic mass is 10.1. The van der Waals surface area contributed by atoms with Gasteiger partial charge in [-0.2, -0.15) is 5.10 Å². The molecular weight excluding hydrogens is 453 g/mol. The van der Waals surface area contributed by atoms with Gasteiger partial charge in [-0.3, -0.25) is 9.67 Å². The maximum atomic E-state index is 6.07. The Bertz CT molecular complexity index is 688. The minimum absolute atomic E-state index is 0. The number of aromatic nitrogens is 2. The van der Waals surface area contributed by atoms with Gasteiger partial charge in [-0.1, -0.05) is 19.1 Å². The van der Waals surface area contributed by atoms with Gasteiger partial charge in [0.1, 0.15) is 5.75 Å². The van der Waals surface area contributed by atoms with Gasteiger partial charge >= 0.3 is 0 Å². The number of guanidine groups is 1. The van der Waals surface area contributed by atoms with Crippen LogP contribution in [0.2, 0.25) is 0 Å². The van der Waals surface area contributed by atoms with E-state index in [1.165, 1.54) is 5.56 Å². The van der Waals surface area contributed by atoms with E-state index in [-0.39, 0.29) is 30.1 Å². The van der Waals surface area contributed by atoms with Crippen LogP contribution in [0.15, 0.2) is 41.7 Å². The number of halogens is 1. The van der Waals surface area contributed by atoms with E-state index in [1.54, 1.807) is 13.2 Å². The van der Waals surface area contributed by atoms with Crippen molar-refractivity contribution in [1.82, 2.24) is 20.4 Å². The van der Waals surface area contributed by atoms with Crippen molar-refractivity contribution in [3.8, 4) is 5.75 Å². The summed E-state index contributed by atoms with van der Waals surface area (Å²) in [6, 6.07) is 8.27. The molecule has 0 bridgehead atoms. The van der Waals surface area contributed by atoms with Crippen LogP contribution in [0.1, 0.15) is 37.8 Å². The van der Waals surface area contributed by atoms with Crippen molar-refractivity contribution in [1.29, 1.82) is 0 Å². The molecule has 7 heteroatoms. The topological polar surface area (TPSA) is 63.5 Å². The van der Waals surface area contributed by atoms with Crippen molar-refractivity contribution in [2.45, 2.75) is 52.8 Å². The molecule has 6 nitrogen and oxygen atoms in total. The first-order chi connectivity index (χ1) is 12.6. The van der Waals surface area contributed by atoms with Crippen LogP contribution in [0.5, 0.6) is 5.75 Å². The second-order valence-electron chi connectivity index (χ2n) is 6.42. The summed E-state index contributed by atoms with van der Waals surface area (Å²) in [5.74, 6) is 1.74. The SMILES string of the molecule is CCC(C)Oc1cc(C)ccc1CNC(=NC)NCCCn1cccn1.I. The van der Waals surface area contributed by atoms with E-state index >= 15 is 0 Å². The first kappa shape index (κ1) is 23.3. The Morgan fingerprint density at radius 2 is 2.15 bits per heavy atom. The van der Waals surface area contributed by atoms with Crippen molar-refractivity contribution < 1.29 is 4.74 Å². The Morgan fingerprint density at radius 3 is 2.81 bits per heavy atom. The van der Waals surface area contributed by atoms with Gasteiger partial charge in [0.15, 0.2) is 5.96 Å². The normalized spacial score (nSPS) is 12.2. The fourth-order valence-electron chi connectivity index (χ4n) is 2.50. The molecule has 0 saturated carbocycles. The van der Waals surface area contributed by atoms with Crippen LogP contribution in [-0.2, 0) is 13.1 Å². The van der Waals surface area contributed by atoms with Crippen molar-refractivity contribution >= 4 is 29.9 Å². The third kappa shape index (κ3) is 8.19. The number of nitrogens with one attached hydrogen (secondary N) is 2. The highest BCUT2D eigenvalue weighted by atomic mass is 127. The molecule has 0 aliphatic rings. The molecule has 1 aromatic heterocycles. The molecule has 1 aromatic carbocycles. The summed E-state index contributed by atoms with van der Waals surface area (Å²) in [7, 11) is 1.79. The van der Waals surface area contributed by atoms with E-state index in [2.05, 4.69) is 59.7 Å². The number of rotatable bonds is 9. The van der Waals surface area contributed by atoms with Crippen LogP contribution in [0.4, 0.5) is 0 Å². The molecule has 1 unspecified atom stereocenters. The first-order valence-corrected chi connectivity index (χ1v) is 9.30. The Labute approximate surface area is 179 Å². The zero-order valence-electron chi connectivity index (χ0n) is 16.7. The fraction of sp³-hybridized carbons (Fsp3) is 0.500. The zero-order valence-corrected chi connectivity index (χ0v) is 19.1. The van der Waals surface area contributed by atoms with E-state index in [4.69, 9.17) is 4.74 Å². The summed E-state index contributed by atoms with van der Waals surface area (Å²) in [6.45, 7) is 8.71. The van der Waals surface area contributed by atoms with Crippen LogP contribution < -0.4 is 15.4 Å². The summed E-state index contributed by atoms with van der Waals surface area (Å²) in [5, 5.41) is 10.9. The molecule has 1 atom stereocenters. The van der Waals surface area contributed by atoms with Gasteiger partial charge in [0.05, 0.1) is 6.10 Å². The molecule has 0 saturated heterocycles. The number of ether oxygens (including phenoxy) is 1. The molecule has 27 heavy (non-hydrogen) atoms. The second kappa shape index (κ2) is 12.6. The summed E-state index contributed by atoms with van der Waals surface area (Å²) < 4.78 is 8.00. The third-order valence-electron chi connectivity index (χ3n) is 4.21. The van der Waals surface area contributed by atoms with Gasteiger partial charge in [-0.15, -0.1) is 24.0 Å². The number of benzene rings is 1. The molecule has 0 radical (unpaired) electrons. The molecular formula is C20H32IN5O. The molecule has 2 N–H and O–H groups in total. The molecule has 2 rings (SSSR count). The highest BCUT2D eigenvalue weighted by Gasteiger charge is 2.08. The Kier molecular flexibility index (Phi) is 10.8. The van der Waals surface area contributed by atoms with Gasteiger partial charge in [0, 0.05) is 44.6 Å². The number of hydrogen-bond acceptors (Lipinski definition) is 3. The van der Waals surface area contributed by atoms with Gasteiger partial charge < -0.3 is 15.4 Å². The van der Waals surface area contributed by atoms with E-state index in [0.717, 1.165) is 43.2 Å². The smallest absolute Gasteiger partial charge is 0.191 e. The number of aryl methyl sites for hydroxylation is 2. The van der Waals surface area contributed by atoms with Crippen LogP contribution in [0.3, 0.4) is 0 Å². The van der Waals surface area contributed by atoms with E-state index < -0.39 is 0 Å². The molecule has 0 aliphatic carbocycles. The van der Waals surface area contributed by atoms with Crippen molar-refractivity contribution in [3.05, 3.63) is 47.8 Å². The highest BCUT2D eigenvalue weighted by Crippen LogP contribution is 2.22. The summed E-state index contributed by atoms with van der Waals surface area (Å²) in [6.07, 6.45) is 5.95. The average molecular weight is 485 g/mol. The van der Waals surface area contributed by atoms with Gasteiger partial charge in [0.2, 0.25) is 0 Å². The van der Waals surface area contributed by atoms with E-state index in [0.29, 0.717) is 6.54 Å². The van der Waals surface area contributed by atoms with Crippen LogP contribution >= 0.6 is 24.0 Å². The van der Waals surface area contributed by atoms with Gasteiger partial charge in [0.25, 0.3) is 0 Å². The predicted molar refractivity (Wildman–Crippen MR) is 122 cm³/mol. The molecule has 0 spiro atoms. The standard InChI is InChI=1S/C20H31N5O.HI/c1-5-17(3)26-19-14-16(2)8-9-18(19)15-23-20(21-4)22-10-6-12-25-13-7-11-24-25;/h7-9,11,13-14,17H,5-6,10,12,15H2,1-4H3,(H2,21,22,23);1H. The quantitative estimate of drug-likeness (QED) is 0.246. The summed E-state index contributed by atoms with van der Waals surface area (Å²) >= 11 is 0. The van der Waals surface area contributed by atoms with Gasteiger partial charge in [-0.25, -0.2) is 0 Å². The van der Waals surface area contributed by atoms with E-state index in [1.807, 2.05) is 16.9 Å². The number of hydrogen-bond donors (Lipinski definition) is 2. The molecule has 2 aromatic rings. The molecule has 1 heterocycles. The monoisotopic (exact) mass is 485 g/mol. The Hall–Kier alpha value is -1.77. The lowest BCUT2D eigenvalue weighted by Gasteiger charge is -2.18. The second-order valence-corrected chi connectivity index (χ2v) is 6.42. The third-order valence-corrected chi connectivity index (χ3v) is 4.21. The van der Waals surface area contributed by atoms with Crippen LogP contribution in [-0.4, -0.2) is 35.4 Å². The molecule has 0 fully saturated rings. The first-order valence-electron chi connectivity index (χ1n) is 9.30. The summed E-state index contributed by atoms with van der Waals surface area (Å²) in [4.78, 5) is 4.29. The van der Waals surface area contributed by atoms with Gasteiger partial charge in [-0.05, 0) is 44.4 Å². The summed E-state index contributed by atoms with van der Waals surface area (Å²) in [5.41, 5.74) is 2.34. The fourth-order valence-corrected chi connectivity index (χ4v) is 2.50. The molecule has 0 amide bonds. The molecule has 150 valence electrons.